The fraction of sp³-hybridized carbons (Fsp3) is 0.308. The summed E-state index contributed by atoms with van der Waals surface area (Å²) in [6.07, 6.45) is 6.08. The molecule has 0 heterocycles. The summed E-state index contributed by atoms with van der Waals surface area (Å²) in [5, 5.41) is 51.5. The molecule has 0 spiro atoms. The van der Waals surface area contributed by atoms with Gasteiger partial charge in [0.1, 0.15) is 28.7 Å². The molecular formula is C26H26Cl2O5. The highest BCUT2D eigenvalue weighted by Gasteiger charge is 2.21. The average molecular weight is 489 g/mol. The zero-order valence-electron chi connectivity index (χ0n) is 18.0. The van der Waals surface area contributed by atoms with Crippen LogP contribution in [0.5, 0.6) is 28.7 Å². The second kappa shape index (κ2) is 9.62. The standard InChI is InChI=1S/C26H26Cl2O5/c27-20-10-16(22(29)12-24(20)31)8-18-6-15(14-4-2-1-3-5-14)7-19(26(18)33)9-17-11-21(28)25(32)13-23(17)30/h6-7,10-14,29-33H,1-5,8-9H2. The Labute approximate surface area is 202 Å². The van der Waals surface area contributed by atoms with E-state index in [1.807, 2.05) is 12.1 Å². The van der Waals surface area contributed by atoms with E-state index in [1.165, 1.54) is 30.7 Å². The molecule has 0 radical (unpaired) electrons. The number of hydrogen-bond acceptors (Lipinski definition) is 5. The van der Waals surface area contributed by atoms with E-state index in [9.17, 15) is 25.5 Å². The van der Waals surface area contributed by atoms with E-state index >= 15 is 0 Å². The third kappa shape index (κ3) is 5.10. The van der Waals surface area contributed by atoms with Crippen LogP contribution in [0.15, 0.2) is 36.4 Å². The van der Waals surface area contributed by atoms with Crippen LogP contribution >= 0.6 is 23.2 Å². The van der Waals surface area contributed by atoms with Gasteiger partial charge in [0.15, 0.2) is 0 Å². The summed E-state index contributed by atoms with van der Waals surface area (Å²) >= 11 is 12.1. The molecule has 0 aromatic heterocycles. The van der Waals surface area contributed by atoms with E-state index in [-0.39, 0.29) is 51.6 Å². The average Bonchev–Trinajstić information content (AvgIpc) is 2.78. The summed E-state index contributed by atoms with van der Waals surface area (Å²) in [6, 6.07) is 9.31. The van der Waals surface area contributed by atoms with E-state index in [2.05, 4.69) is 0 Å². The van der Waals surface area contributed by atoms with Crippen molar-refractivity contribution in [1.29, 1.82) is 0 Å². The van der Waals surface area contributed by atoms with Crippen molar-refractivity contribution in [2.45, 2.75) is 50.9 Å². The van der Waals surface area contributed by atoms with Crippen LogP contribution in [0.4, 0.5) is 0 Å². The molecule has 0 aliphatic heterocycles. The SMILES string of the molecule is Oc1cc(O)c(Cc2cc(C3CCCCC3)cc(Cc3cc(Cl)c(O)cc3O)c2O)cc1Cl. The molecule has 3 aromatic carbocycles. The van der Waals surface area contributed by atoms with Crippen LogP contribution < -0.4 is 0 Å². The summed E-state index contributed by atoms with van der Waals surface area (Å²) < 4.78 is 0. The Morgan fingerprint density at radius 2 is 1.03 bits per heavy atom. The van der Waals surface area contributed by atoms with Crippen molar-refractivity contribution in [2.75, 3.05) is 0 Å². The van der Waals surface area contributed by atoms with Gasteiger partial charge in [-0.05, 0) is 47.6 Å². The molecule has 1 aliphatic carbocycles. The molecule has 3 aromatic rings. The highest BCUT2D eigenvalue weighted by molar-refractivity contribution is 6.32. The lowest BCUT2D eigenvalue weighted by Gasteiger charge is -2.24. The largest absolute Gasteiger partial charge is 0.508 e. The van der Waals surface area contributed by atoms with Crippen LogP contribution in [0.1, 0.15) is 65.8 Å². The van der Waals surface area contributed by atoms with Gasteiger partial charge in [-0.3, -0.25) is 0 Å². The first-order valence-corrected chi connectivity index (χ1v) is 11.7. The number of hydrogen-bond donors (Lipinski definition) is 5. The second-order valence-corrected chi connectivity index (χ2v) is 9.56. The third-order valence-corrected chi connectivity index (χ3v) is 7.03. The zero-order valence-corrected chi connectivity index (χ0v) is 19.5. The molecule has 1 fully saturated rings. The molecule has 33 heavy (non-hydrogen) atoms. The molecule has 1 aliphatic rings. The van der Waals surface area contributed by atoms with Gasteiger partial charge in [0.2, 0.25) is 0 Å². The van der Waals surface area contributed by atoms with Gasteiger partial charge < -0.3 is 25.5 Å². The van der Waals surface area contributed by atoms with E-state index in [0.717, 1.165) is 31.2 Å². The fourth-order valence-electron chi connectivity index (χ4n) is 4.61. The van der Waals surface area contributed by atoms with Crippen molar-refractivity contribution in [2.24, 2.45) is 0 Å². The quantitative estimate of drug-likeness (QED) is 0.273. The number of benzene rings is 3. The first kappa shape index (κ1) is 23.4. The van der Waals surface area contributed by atoms with Crippen molar-refractivity contribution < 1.29 is 25.5 Å². The number of phenols is 5. The lowest BCUT2D eigenvalue weighted by Crippen LogP contribution is -2.07. The first-order valence-electron chi connectivity index (χ1n) is 11.0. The van der Waals surface area contributed by atoms with E-state index in [0.29, 0.717) is 28.2 Å². The van der Waals surface area contributed by atoms with Crippen LogP contribution in [-0.2, 0) is 12.8 Å². The van der Waals surface area contributed by atoms with Gasteiger partial charge in [0, 0.05) is 36.1 Å². The van der Waals surface area contributed by atoms with Crippen molar-refractivity contribution >= 4 is 23.2 Å². The normalized spacial score (nSPS) is 14.5. The lowest BCUT2D eigenvalue weighted by atomic mass is 9.81. The molecule has 7 heteroatoms. The summed E-state index contributed by atoms with van der Waals surface area (Å²) in [4.78, 5) is 0. The molecule has 0 bridgehead atoms. The minimum absolute atomic E-state index is 0.0572. The maximum absolute atomic E-state index is 11.1. The Morgan fingerprint density at radius 1 is 0.576 bits per heavy atom. The monoisotopic (exact) mass is 488 g/mol. The van der Waals surface area contributed by atoms with Crippen LogP contribution in [0, 0.1) is 0 Å². The summed E-state index contributed by atoms with van der Waals surface area (Å²) in [6.45, 7) is 0. The van der Waals surface area contributed by atoms with Crippen molar-refractivity contribution in [3.8, 4) is 28.7 Å². The Balaban J connectivity index is 1.77. The summed E-state index contributed by atoms with van der Waals surface area (Å²) in [5.41, 5.74) is 3.31. The van der Waals surface area contributed by atoms with E-state index in [1.54, 1.807) is 0 Å². The Bertz CT molecular complexity index is 1110. The topological polar surface area (TPSA) is 101 Å². The van der Waals surface area contributed by atoms with Gasteiger partial charge in [0.25, 0.3) is 0 Å². The summed E-state index contributed by atoms with van der Waals surface area (Å²) in [5.74, 6) is -0.211. The van der Waals surface area contributed by atoms with Gasteiger partial charge in [-0.25, -0.2) is 0 Å². The van der Waals surface area contributed by atoms with Gasteiger partial charge in [0.05, 0.1) is 10.0 Å². The highest BCUT2D eigenvalue weighted by atomic mass is 35.5. The number of phenolic OH excluding ortho intramolecular Hbond substituents is 5. The minimum Gasteiger partial charge on any atom is -0.508 e. The van der Waals surface area contributed by atoms with Gasteiger partial charge in [-0.2, -0.15) is 0 Å². The van der Waals surface area contributed by atoms with Gasteiger partial charge >= 0.3 is 0 Å². The van der Waals surface area contributed by atoms with E-state index in [4.69, 9.17) is 23.2 Å². The molecule has 0 saturated heterocycles. The summed E-state index contributed by atoms with van der Waals surface area (Å²) in [7, 11) is 0. The second-order valence-electron chi connectivity index (χ2n) is 8.74. The molecular weight excluding hydrogens is 463 g/mol. The van der Waals surface area contributed by atoms with Crippen molar-refractivity contribution in [1.82, 2.24) is 0 Å². The first-order chi connectivity index (χ1) is 15.7. The van der Waals surface area contributed by atoms with Crippen molar-refractivity contribution in [3.63, 3.8) is 0 Å². The molecule has 1 saturated carbocycles. The van der Waals surface area contributed by atoms with Crippen molar-refractivity contribution in [3.05, 3.63) is 74.3 Å². The molecule has 4 rings (SSSR count). The molecule has 5 nitrogen and oxygen atoms in total. The predicted molar refractivity (Wildman–Crippen MR) is 129 cm³/mol. The number of rotatable bonds is 5. The zero-order chi connectivity index (χ0) is 23.7. The number of aromatic hydroxyl groups is 5. The van der Waals surface area contributed by atoms with Crippen LogP contribution in [0.2, 0.25) is 10.0 Å². The Hall–Kier alpha value is -2.76. The highest BCUT2D eigenvalue weighted by Crippen LogP contribution is 2.40. The molecule has 174 valence electrons. The lowest BCUT2D eigenvalue weighted by molar-refractivity contribution is 0.437. The number of halogens is 2. The molecule has 5 N–H and O–H groups in total. The van der Waals surface area contributed by atoms with Crippen LogP contribution in [-0.4, -0.2) is 25.5 Å². The van der Waals surface area contributed by atoms with Gasteiger partial charge in [-0.1, -0.05) is 54.6 Å². The van der Waals surface area contributed by atoms with E-state index < -0.39 is 0 Å². The molecule has 0 atom stereocenters. The predicted octanol–water partition coefficient (Wildman–Crippen LogP) is 6.75. The maximum Gasteiger partial charge on any atom is 0.137 e. The van der Waals surface area contributed by atoms with Crippen LogP contribution in [0.25, 0.3) is 0 Å². The maximum atomic E-state index is 11.1. The Kier molecular flexibility index (Phi) is 6.82. The minimum atomic E-state index is -0.210. The molecule has 0 amide bonds. The third-order valence-electron chi connectivity index (χ3n) is 6.42. The van der Waals surface area contributed by atoms with Gasteiger partial charge in [-0.15, -0.1) is 0 Å². The molecule has 0 unspecified atom stereocenters. The van der Waals surface area contributed by atoms with Crippen LogP contribution in [0.3, 0.4) is 0 Å². The smallest absolute Gasteiger partial charge is 0.137 e. The Morgan fingerprint density at radius 3 is 1.48 bits per heavy atom. The fourth-order valence-corrected chi connectivity index (χ4v) is 4.98.